The summed E-state index contributed by atoms with van der Waals surface area (Å²) in [6.45, 7) is 5.99. The molecule has 1 aromatic heterocycles. The van der Waals surface area contributed by atoms with Gasteiger partial charge in [0.1, 0.15) is 5.82 Å². The standard InChI is InChI=1S/C21H28ClN5O/c1-16-14-27(9-10-28-16)20-12-17(7-8-24-20)13-25-21(23-2)26(3)15-18-5-4-6-19(22)11-18/h4-8,11-12,16H,9-10,13-15H2,1-3H3,(H,23,25). The number of guanidine groups is 1. The summed E-state index contributed by atoms with van der Waals surface area (Å²) in [7, 11) is 3.81. The van der Waals surface area contributed by atoms with Crippen molar-refractivity contribution < 1.29 is 4.74 Å². The number of morpholine rings is 1. The Morgan fingerprint density at radius 2 is 2.21 bits per heavy atom. The number of benzene rings is 1. The molecule has 2 aromatic rings. The summed E-state index contributed by atoms with van der Waals surface area (Å²) in [5.41, 5.74) is 2.31. The molecular formula is C21H28ClN5O. The van der Waals surface area contributed by atoms with Crippen molar-refractivity contribution in [2.45, 2.75) is 26.1 Å². The lowest BCUT2D eigenvalue weighted by Gasteiger charge is -2.32. The summed E-state index contributed by atoms with van der Waals surface area (Å²) >= 11 is 6.09. The molecule has 0 amide bonds. The Morgan fingerprint density at radius 1 is 1.36 bits per heavy atom. The zero-order valence-electron chi connectivity index (χ0n) is 16.7. The van der Waals surface area contributed by atoms with Gasteiger partial charge in [0.25, 0.3) is 0 Å². The van der Waals surface area contributed by atoms with Gasteiger partial charge in [0.15, 0.2) is 5.96 Å². The molecule has 1 atom stereocenters. The number of ether oxygens (including phenoxy) is 1. The Balaban J connectivity index is 1.59. The van der Waals surface area contributed by atoms with Crippen molar-refractivity contribution >= 4 is 23.4 Å². The molecule has 7 heteroatoms. The summed E-state index contributed by atoms with van der Waals surface area (Å²) in [5.74, 6) is 1.83. The molecule has 0 spiro atoms. The van der Waals surface area contributed by atoms with Crippen LogP contribution < -0.4 is 10.2 Å². The van der Waals surface area contributed by atoms with Crippen molar-refractivity contribution in [2.75, 3.05) is 38.7 Å². The third-order valence-electron chi connectivity index (χ3n) is 4.71. The van der Waals surface area contributed by atoms with E-state index in [1.807, 2.05) is 37.5 Å². The fourth-order valence-electron chi connectivity index (χ4n) is 3.32. The van der Waals surface area contributed by atoms with Crippen LogP contribution >= 0.6 is 11.6 Å². The van der Waals surface area contributed by atoms with Gasteiger partial charge in [0.05, 0.1) is 12.7 Å². The van der Waals surface area contributed by atoms with Gasteiger partial charge in [-0.15, -0.1) is 0 Å². The number of aliphatic imine (C=N–C) groups is 1. The summed E-state index contributed by atoms with van der Waals surface area (Å²) in [6, 6.07) is 12.1. The Hall–Kier alpha value is -2.31. The van der Waals surface area contributed by atoms with E-state index in [0.29, 0.717) is 6.54 Å². The molecule has 1 aromatic carbocycles. The van der Waals surface area contributed by atoms with Gasteiger partial charge < -0.3 is 19.9 Å². The second-order valence-electron chi connectivity index (χ2n) is 7.04. The molecule has 150 valence electrons. The maximum absolute atomic E-state index is 6.09. The van der Waals surface area contributed by atoms with Crippen LogP contribution in [0.5, 0.6) is 0 Å². The molecule has 1 fully saturated rings. The van der Waals surface area contributed by atoms with E-state index in [2.05, 4.69) is 44.1 Å². The summed E-state index contributed by atoms with van der Waals surface area (Å²) < 4.78 is 5.62. The number of hydrogen-bond donors (Lipinski definition) is 1. The Labute approximate surface area is 172 Å². The minimum atomic E-state index is 0.233. The van der Waals surface area contributed by atoms with E-state index in [1.165, 1.54) is 5.56 Å². The van der Waals surface area contributed by atoms with Gasteiger partial charge in [-0.25, -0.2) is 4.98 Å². The lowest BCUT2D eigenvalue weighted by molar-refractivity contribution is 0.0529. The average Bonchev–Trinajstić information content (AvgIpc) is 2.69. The van der Waals surface area contributed by atoms with Crippen molar-refractivity contribution in [1.82, 2.24) is 15.2 Å². The first-order chi connectivity index (χ1) is 13.5. The van der Waals surface area contributed by atoms with E-state index in [9.17, 15) is 0 Å². The first kappa shape index (κ1) is 20.4. The molecule has 1 unspecified atom stereocenters. The SMILES string of the molecule is CN=C(NCc1ccnc(N2CCOC(C)C2)c1)N(C)Cc1cccc(Cl)c1. The van der Waals surface area contributed by atoms with Crippen LogP contribution in [0.2, 0.25) is 5.02 Å². The highest BCUT2D eigenvalue weighted by Gasteiger charge is 2.18. The van der Waals surface area contributed by atoms with Crippen molar-refractivity contribution in [3.8, 4) is 0 Å². The van der Waals surface area contributed by atoms with Crippen LogP contribution in [0.3, 0.4) is 0 Å². The molecule has 6 nitrogen and oxygen atoms in total. The summed E-state index contributed by atoms with van der Waals surface area (Å²) in [5, 5.41) is 4.18. The van der Waals surface area contributed by atoms with Crippen molar-refractivity contribution in [3.63, 3.8) is 0 Å². The minimum absolute atomic E-state index is 0.233. The van der Waals surface area contributed by atoms with E-state index >= 15 is 0 Å². The van der Waals surface area contributed by atoms with Crippen LogP contribution in [0.4, 0.5) is 5.82 Å². The first-order valence-corrected chi connectivity index (χ1v) is 9.90. The smallest absolute Gasteiger partial charge is 0.193 e. The molecule has 0 aliphatic carbocycles. The maximum Gasteiger partial charge on any atom is 0.193 e. The molecule has 3 rings (SSSR count). The number of aromatic nitrogens is 1. The quantitative estimate of drug-likeness (QED) is 0.616. The second kappa shape index (κ2) is 9.75. The number of pyridine rings is 1. The minimum Gasteiger partial charge on any atom is -0.375 e. The highest BCUT2D eigenvalue weighted by atomic mass is 35.5. The topological polar surface area (TPSA) is 53.0 Å². The van der Waals surface area contributed by atoms with E-state index in [0.717, 1.165) is 48.6 Å². The molecule has 2 heterocycles. The predicted molar refractivity (Wildman–Crippen MR) is 115 cm³/mol. The normalized spacial score (nSPS) is 17.5. The lowest BCUT2D eigenvalue weighted by atomic mass is 10.2. The van der Waals surface area contributed by atoms with Gasteiger partial charge in [0, 0.05) is 51.5 Å². The summed E-state index contributed by atoms with van der Waals surface area (Å²) in [6.07, 6.45) is 2.10. The van der Waals surface area contributed by atoms with Gasteiger partial charge in [-0.3, -0.25) is 4.99 Å². The highest BCUT2D eigenvalue weighted by Crippen LogP contribution is 2.17. The summed E-state index contributed by atoms with van der Waals surface area (Å²) in [4.78, 5) is 13.3. The van der Waals surface area contributed by atoms with Crippen LogP contribution in [-0.4, -0.2) is 55.7 Å². The molecule has 0 saturated carbocycles. The van der Waals surface area contributed by atoms with Crippen LogP contribution in [0.1, 0.15) is 18.1 Å². The molecule has 0 bridgehead atoms. The van der Waals surface area contributed by atoms with Gasteiger partial charge >= 0.3 is 0 Å². The average molecular weight is 402 g/mol. The van der Waals surface area contributed by atoms with E-state index < -0.39 is 0 Å². The number of anilines is 1. The van der Waals surface area contributed by atoms with Crippen molar-refractivity contribution in [2.24, 2.45) is 4.99 Å². The Morgan fingerprint density at radius 3 is 2.96 bits per heavy atom. The monoisotopic (exact) mass is 401 g/mol. The number of nitrogens with zero attached hydrogens (tertiary/aromatic N) is 4. The maximum atomic E-state index is 6.09. The van der Waals surface area contributed by atoms with Crippen molar-refractivity contribution in [1.29, 1.82) is 0 Å². The third kappa shape index (κ3) is 5.59. The fraction of sp³-hybridized carbons (Fsp3) is 0.429. The van der Waals surface area contributed by atoms with E-state index in [1.54, 1.807) is 7.05 Å². The van der Waals surface area contributed by atoms with E-state index in [4.69, 9.17) is 16.3 Å². The van der Waals surface area contributed by atoms with Gasteiger partial charge in [-0.1, -0.05) is 23.7 Å². The highest BCUT2D eigenvalue weighted by molar-refractivity contribution is 6.30. The zero-order valence-corrected chi connectivity index (χ0v) is 17.5. The van der Waals surface area contributed by atoms with Gasteiger partial charge in [-0.05, 0) is 42.3 Å². The lowest BCUT2D eigenvalue weighted by Crippen LogP contribution is -2.41. The number of halogens is 1. The molecule has 1 saturated heterocycles. The van der Waals surface area contributed by atoms with E-state index in [-0.39, 0.29) is 6.10 Å². The Kier molecular flexibility index (Phi) is 7.12. The molecule has 1 aliphatic heterocycles. The molecule has 1 aliphatic rings. The first-order valence-electron chi connectivity index (χ1n) is 9.53. The van der Waals surface area contributed by atoms with Crippen LogP contribution in [0.25, 0.3) is 0 Å². The predicted octanol–water partition coefficient (Wildman–Crippen LogP) is 3.17. The van der Waals surface area contributed by atoms with Crippen LogP contribution in [0.15, 0.2) is 47.6 Å². The van der Waals surface area contributed by atoms with Gasteiger partial charge in [0.2, 0.25) is 0 Å². The number of rotatable bonds is 5. The Bertz CT molecular complexity index is 813. The number of nitrogens with one attached hydrogen (secondary N) is 1. The third-order valence-corrected chi connectivity index (χ3v) is 4.94. The van der Waals surface area contributed by atoms with Crippen molar-refractivity contribution in [3.05, 3.63) is 58.7 Å². The zero-order chi connectivity index (χ0) is 19.9. The molecular weight excluding hydrogens is 374 g/mol. The number of hydrogen-bond acceptors (Lipinski definition) is 4. The van der Waals surface area contributed by atoms with Gasteiger partial charge in [-0.2, -0.15) is 0 Å². The van der Waals surface area contributed by atoms with Crippen LogP contribution in [0, 0.1) is 0 Å². The largest absolute Gasteiger partial charge is 0.375 e. The molecule has 28 heavy (non-hydrogen) atoms. The van der Waals surface area contributed by atoms with Crippen LogP contribution in [-0.2, 0) is 17.8 Å². The molecule has 1 N–H and O–H groups in total. The second-order valence-corrected chi connectivity index (χ2v) is 7.47. The fourth-order valence-corrected chi connectivity index (χ4v) is 3.53. The molecule has 0 radical (unpaired) electrons.